The Balaban J connectivity index is 2.70. The Morgan fingerprint density at radius 3 is 2.00 bits per heavy atom. The fraction of sp³-hybridized carbons (Fsp3) is 0.125. The van der Waals surface area contributed by atoms with E-state index in [0.29, 0.717) is 0 Å². The zero-order chi connectivity index (χ0) is 18.0. The second kappa shape index (κ2) is 6.98. The summed E-state index contributed by atoms with van der Waals surface area (Å²) in [6.45, 7) is 2.35. The Morgan fingerprint density at radius 1 is 0.917 bits per heavy atom. The predicted molar refractivity (Wildman–Crippen MR) is 87.8 cm³/mol. The van der Waals surface area contributed by atoms with Crippen LogP contribution in [0, 0.1) is 0 Å². The normalized spacial score (nSPS) is 10.3. The van der Waals surface area contributed by atoms with Crippen molar-refractivity contribution in [1.29, 1.82) is 0 Å². The summed E-state index contributed by atoms with van der Waals surface area (Å²) in [6.07, 6.45) is 0. The van der Waals surface area contributed by atoms with Crippen molar-refractivity contribution in [2.75, 3.05) is 0 Å². The first-order valence-corrected chi connectivity index (χ1v) is 7.37. The van der Waals surface area contributed by atoms with Crippen molar-refractivity contribution >= 4 is 35.1 Å². The number of carbonyl (C=O) groups is 2. The van der Waals surface area contributed by atoms with Gasteiger partial charge in [-0.3, -0.25) is 9.59 Å². The first-order valence-electron chi connectivity index (χ1n) is 6.62. The highest BCUT2D eigenvalue weighted by atomic mass is 35.5. The summed E-state index contributed by atoms with van der Waals surface area (Å²) in [4.78, 5) is 22.4. The Hall–Kier alpha value is -2.44. The van der Waals surface area contributed by atoms with Crippen LogP contribution in [0.25, 0.3) is 11.1 Å². The Labute approximate surface area is 147 Å². The maximum absolute atomic E-state index is 11.3. The highest BCUT2D eigenvalue weighted by Crippen LogP contribution is 2.47. The number of carbonyl (C=O) groups excluding carboxylic acids is 2. The summed E-state index contributed by atoms with van der Waals surface area (Å²) < 4.78 is 9.97. The average Bonchev–Trinajstić information content (AvgIpc) is 2.46. The van der Waals surface area contributed by atoms with Gasteiger partial charge in [-0.2, -0.15) is 0 Å². The summed E-state index contributed by atoms with van der Waals surface area (Å²) in [6, 6.07) is 5.11. The number of aromatic hydroxyl groups is 2. The van der Waals surface area contributed by atoms with Crippen LogP contribution in [0.15, 0.2) is 24.3 Å². The van der Waals surface area contributed by atoms with Crippen molar-refractivity contribution in [2.24, 2.45) is 0 Å². The van der Waals surface area contributed by atoms with E-state index in [1.807, 2.05) is 0 Å². The Kier molecular flexibility index (Phi) is 5.21. The molecule has 0 saturated carbocycles. The first kappa shape index (κ1) is 17.9. The van der Waals surface area contributed by atoms with E-state index >= 15 is 0 Å². The second-order valence-electron chi connectivity index (χ2n) is 4.76. The van der Waals surface area contributed by atoms with Crippen LogP contribution in [0.5, 0.6) is 23.0 Å². The molecule has 0 amide bonds. The number of benzene rings is 2. The molecule has 0 aromatic heterocycles. The summed E-state index contributed by atoms with van der Waals surface area (Å²) in [5, 5.41) is 19.9. The van der Waals surface area contributed by atoms with Crippen molar-refractivity contribution in [3.63, 3.8) is 0 Å². The van der Waals surface area contributed by atoms with Crippen molar-refractivity contribution in [3.8, 4) is 34.1 Å². The molecule has 2 N–H and O–H groups in total. The lowest BCUT2D eigenvalue weighted by Crippen LogP contribution is -2.07. The fourth-order valence-corrected chi connectivity index (χ4v) is 2.51. The number of ether oxygens (including phenoxy) is 2. The number of halogens is 2. The SMILES string of the molecule is CC(=O)Oc1cc(Cl)c(-c2c(Cl)ccc(O)c2O)cc1OC(C)=O. The highest BCUT2D eigenvalue weighted by Gasteiger charge is 2.21. The van der Waals surface area contributed by atoms with E-state index < -0.39 is 23.4 Å². The molecule has 2 aromatic rings. The van der Waals surface area contributed by atoms with Crippen LogP contribution < -0.4 is 9.47 Å². The largest absolute Gasteiger partial charge is 0.504 e. The third-order valence-corrected chi connectivity index (χ3v) is 3.54. The number of esters is 2. The zero-order valence-electron chi connectivity index (χ0n) is 12.6. The van der Waals surface area contributed by atoms with E-state index in [9.17, 15) is 19.8 Å². The summed E-state index contributed by atoms with van der Waals surface area (Å²) in [5.74, 6) is -2.33. The van der Waals surface area contributed by atoms with Gasteiger partial charge in [-0.25, -0.2) is 0 Å². The average molecular weight is 371 g/mol. The minimum absolute atomic E-state index is 0.0458. The van der Waals surface area contributed by atoms with Crippen molar-refractivity contribution in [1.82, 2.24) is 0 Å². The summed E-state index contributed by atoms with van der Waals surface area (Å²) >= 11 is 12.2. The van der Waals surface area contributed by atoms with Gasteiger partial charge >= 0.3 is 11.9 Å². The number of phenolic OH excluding ortho intramolecular Hbond substituents is 2. The first-order chi connectivity index (χ1) is 11.2. The number of phenols is 2. The van der Waals surface area contributed by atoms with E-state index in [-0.39, 0.29) is 32.7 Å². The van der Waals surface area contributed by atoms with E-state index in [4.69, 9.17) is 32.7 Å². The molecule has 0 heterocycles. The van der Waals surface area contributed by atoms with Crippen molar-refractivity contribution in [2.45, 2.75) is 13.8 Å². The van der Waals surface area contributed by atoms with Gasteiger partial charge in [-0.05, 0) is 18.2 Å². The van der Waals surface area contributed by atoms with Crippen LogP contribution in [0.4, 0.5) is 0 Å². The minimum atomic E-state index is -0.650. The maximum Gasteiger partial charge on any atom is 0.308 e. The molecule has 126 valence electrons. The molecule has 0 aliphatic heterocycles. The van der Waals surface area contributed by atoms with E-state index in [2.05, 4.69) is 0 Å². The van der Waals surface area contributed by atoms with Crippen LogP contribution in [-0.2, 0) is 9.59 Å². The second-order valence-corrected chi connectivity index (χ2v) is 5.57. The molecule has 24 heavy (non-hydrogen) atoms. The van der Waals surface area contributed by atoms with Gasteiger partial charge < -0.3 is 19.7 Å². The molecular weight excluding hydrogens is 359 g/mol. The van der Waals surface area contributed by atoms with Crippen molar-refractivity contribution in [3.05, 3.63) is 34.3 Å². The predicted octanol–water partition coefficient (Wildman–Crippen LogP) is 3.92. The van der Waals surface area contributed by atoms with E-state index in [1.165, 1.54) is 38.1 Å². The molecule has 0 unspecified atom stereocenters. The molecule has 0 aliphatic rings. The Bertz CT molecular complexity index is 832. The number of rotatable bonds is 3. The number of hydrogen-bond acceptors (Lipinski definition) is 6. The Morgan fingerprint density at radius 2 is 1.46 bits per heavy atom. The standard InChI is InChI=1S/C16H12Cl2O6/c1-7(19)23-13-5-9(11(18)6-14(13)24-8(2)20)15-10(17)3-4-12(21)16(15)22/h3-6,21-22H,1-2H3. The van der Waals surface area contributed by atoms with Gasteiger partial charge in [0.1, 0.15) is 0 Å². The molecule has 8 heteroatoms. The van der Waals surface area contributed by atoms with Crippen LogP contribution in [0.3, 0.4) is 0 Å². The lowest BCUT2D eigenvalue weighted by Gasteiger charge is -2.14. The molecule has 0 aliphatic carbocycles. The van der Waals surface area contributed by atoms with Gasteiger partial charge in [-0.15, -0.1) is 0 Å². The van der Waals surface area contributed by atoms with Gasteiger partial charge in [0.15, 0.2) is 23.0 Å². The van der Waals surface area contributed by atoms with Gasteiger partial charge in [0.2, 0.25) is 0 Å². The maximum atomic E-state index is 11.3. The van der Waals surface area contributed by atoms with Crippen LogP contribution >= 0.6 is 23.2 Å². The quantitative estimate of drug-likeness (QED) is 0.483. The van der Waals surface area contributed by atoms with Crippen LogP contribution in [-0.4, -0.2) is 22.2 Å². The monoisotopic (exact) mass is 370 g/mol. The lowest BCUT2D eigenvalue weighted by molar-refractivity contribution is -0.134. The fourth-order valence-electron chi connectivity index (χ4n) is 2.01. The molecule has 0 atom stereocenters. The topological polar surface area (TPSA) is 93.1 Å². The summed E-state index contributed by atoms with van der Waals surface area (Å²) in [7, 11) is 0. The van der Waals surface area contributed by atoms with Gasteiger partial charge in [-0.1, -0.05) is 23.2 Å². The highest BCUT2D eigenvalue weighted by molar-refractivity contribution is 6.37. The number of hydrogen-bond donors (Lipinski definition) is 2. The smallest absolute Gasteiger partial charge is 0.308 e. The third-order valence-electron chi connectivity index (χ3n) is 2.92. The molecule has 2 rings (SSSR count). The lowest BCUT2D eigenvalue weighted by atomic mass is 10.0. The molecule has 0 bridgehead atoms. The minimum Gasteiger partial charge on any atom is -0.504 e. The van der Waals surface area contributed by atoms with Gasteiger partial charge in [0.25, 0.3) is 0 Å². The molecular formula is C16H12Cl2O6. The van der Waals surface area contributed by atoms with Crippen molar-refractivity contribution < 1.29 is 29.3 Å². The molecule has 0 fully saturated rings. The molecule has 6 nitrogen and oxygen atoms in total. The van der Waals surface area contributed by atoms with Gasteiger partial charge in [0.05, 0.1) is 10.0 Å². The zero-order valence-corrected chi connectivity index (χ0v) is 14.1. The molecule has 0 saturated heterocycles. The molecule has 0 spiro atoms. The van der Waals surface area contributed by atoms with Gasteiger partial charge in [0, 0.05) is 31.0 Å². The van der Waals surface area contributed by atoms with Crippen LogP contribution in [0.2, 0.25) is 10.0 Å². The van der Waals surface area contributed by atoms with E-state index in [1.54, 1.807) is 0 Å². The molecule has 0 radical (unpaired) electrons. The van der Waals surface area contributed by atoms with E-state index in [0.717, 1.165) is 0 Å². The molecule has 2 aromatic carbocycles. The summed E-state index contributed by atoms with van der Waals surface area (Å²) in [5.41, 5.74) is 0.228. The third kappa shape index (κ3) is 3.72. The van der Waals surface area contributed by atoms with Crippen LogP contribution in [0.1, 0.15) is 13.8 Å².